The number of nitrogens with zero attached hydrogens (tertiary/aromatic N) is 1. The van der Waals surface area contributed by atoms with Gasteiger partial charge in [-0.1, -0.05) is 13.3 Å². The van der Waals surface area contributed by atoms with Crippen LogP contribution in [0.4, 0.5) is 0 Å². The quantitative estimate of drug-likeness (QED) is 0.917. The zero-order chi connectivity index (χ0) is 14.8. The summed E-state index contributed by atoms with van der Waals surface area (Å²) in [6.45, 7) is 6.80. The highest BCUT2D eigenvalue weighted by molar-refractivity contribution is 5.84. The number of ether oxygens (including phenoxy) is 1. The van der Waals surface area contributed by atoms with Gasteiger partial charge < -0.3 is 19.2 Å². The van der Waals surface area contributed by atoms with Crippen LogP contribution < -0.4 is 0 Å². The lowest BCUT2D eigenvalue weighted by molar-refractivity contribution is -0.158. The van der Waals surface area contributed by atoms with E-state index in [0.29, 0.717) is 26.1 Å². The van der Waals surface area contributed by atoms with E-state index in [-0.39, 0.29) is 12.0 Å². The molecule has 1 fully saturated rings. The van der Waals surface area contributed by atoms with Gasteiger partial charge >= 0.3 is 0 Å². The SMILES string of the molecule is CCCC(C)(O)C(=O)N1CCOC(c2ccc(C)o2)C1. The molecule has 5 heteroatoms. The molecule has 1 aliphatic heterocycles. The Morgan fingerprint density at radius 3 is 2.90 bits per heavy atom. The van der Waals surface area contributed by atoms with Crippen molar-refractivity contribution in [3.8, 4) is 0 Å². The van der Waals surface area contributed by atoms with Crippen LogP contribution in [0.1, 0.15) is 44.3 Å². The van der Waals surface area contributed by atoms with Gasteiger partial charge in [-0.2, -0.15) is 0 Å². The normalized spacial score (nSPS) is 22.6. The second-order valence-corrected chi connectivity index (χ2v) is 5.58. The molecule has 0 saturated carbocycles. The fraction of sp³-hybridized carbons (Fsp3) is 0.667. The predicted octanol–water partition coefficient (Wildman–Crippen LogP) is 2.04. The Balaban J connectivity index is 2.05. The molecule has 1 aromatic heterocycles. The fourth-order valence-electron chi connectivity index (χ4n) is 2.57. The summed E-state index contributed by atoms with van der Waals surface area (Å²) in [5, 5.41) is 10.2. The van der Waals surface area contributed by atoms with Crippen LogP contribution in [0.2, 0.25) is 0 Å². The minimum atomic E-state index is -1.30. The first-order valence-corrected chi connectivity index (χ1v) is 7.13. The lowest BCUT2D eigenvalue weighted by Crippen LogP contribution is -2.51. The zero-order valence-electron chi connectivity index (χ0n) is 12.4. The Morgan fingerprint density at radius 2 is 2.30 bits per heavy atom. The minimum Gasteiger partial charge on any atom is -0.464 e. The molecule has 0 spiro atoms. The molecular formula is C15H23NO4. The lowest BCUT2D eigenvalue weighted by atomic mass is 9.98. The van der Waals surface area contributed by atoms with Crippen molar-refractivity contribution in [1.82, 2.24) is 4.90 Å². The van der Waals surface area contributed by atoms with Crippen LogP contribution in [0.15, 0.2) is 16.5 Å². The molecule has 2 rings (SSSR count). The van der Waals surface area contributed by atoms with Gasteiger partial charge in [0.15, 0.2) is 0 Å². The molecule has 0 bridgehead atoms. The number of morpholine rings is 1. The minimum absolute atomic E-state index is 0.226. The Bertz CT molecular complexity index is 466. The van der Waals surface area contributed by atoms with Crippen LogP contribution in [0, 0.1) is 6.92 Å². The highest BCUT2D eigenvalue weighted by Crippen LogP contribution is 2.26. The van der Waals surface area contributed by atoms with E-state index in [0.717, 1.165) is 17.9 Å². The van der Waals surface area contributed by atoms with E-state index in [1.54, 1.807) is 11.8 Å². The molecule has 1 aromatic rings. The van der Waals surface area contributed by atoms with E-state index in [9.17, 15) is 9.90 Å². The Kier molecular flexibility index (Phi) is 4.50. The van der Waals surface area contributed by atoms with Crippen LogP contribution in [-0.4, -0.2) is 41.2 Å². The monoisotopic (exact) mass is 281 g/mol. The third kappa shape index (κ3) is 3.22. The average molecular weight is 281 g/mol. The van der Waals surface area contributed by atoms with E-state index in [2.05, 4.69) is 0 Å². The molecule has 0 aliphatic carbocycles. The molecule has 1 amide bonds. The largest absolute Gasteiger partial charge is 0.464 e. The fourth-order valence-corrected chi connectivity index (χ4v) is 2.57. The van der Waals surface area contributed by atoms with Crippen molar-refractivity contribution >= 4 is 5.91 Å². The lowest BCUT2D eigenvalue weighted by Gasteiger charge is -2.36. The molecule has 1 N–H and O–H groups in total. The van der Waals surface area contributed by atoms with Gasteiger partial charge in [-0.25, -0.2) is 0 Å². The standard InChI is InChI=1S/C15H23NO4/c1-4-7-15(3,18)14(17)16-8-9-19-13(10-16)12-6-5-11(2)20-12/h5-6,13,18H,4,7-10H2,1-3H3. The Labute approximate surface area is 119 Å². The van der Waals surface area contributed by atoms with Gasteiger partial charge in [0.25, 0.3) is 5.91 Å². The molecule has 0 radical (unpaired) electrons. The van der Waals surface area contributed by atoms with E-state index < -0.39 is 5.60 Å². The van der Waals surface area contributed by atoms with E-state index in [4.69, 9.17) is 9.15 Å². The molecule has 2 heterocycles. The number of aryl methyl sites for hydroxylation is 1. The van der Waals surface area contributed by atoms with E-state index >= 15 is 0 Å². The maximum absolute atomic E-state index is 12.4. The van der Waals surface area contributed by atoms with Gasteiger partial charge in [-0.3, -0.25) is 4.79 Å². The first-order valence-electron chi connectivity index (χ1n) is 7.13. The first-order chi connectivity index (χ1) is 9.44. The van der Waals surface area contributed by atoms with Gasteiger partial charge in [-0.05, 0) is 32.4 Å². The summed E-state index contributed by atoms with van der Waals surface area (Å²) in [6, 6.07) is 3.75. The third-order valence-corrected chi connectivity index (χ3v) is 3.63. The van der Waals surface area contributed by atoms with Crippen molar-refractivity contribution in [1.29, 1.82) is 0 Å². The maximum atomic E-state index is 12.4. The Hall–Kier alpha value is -1.33. The molecular weight excluding hydrogens is 258 g/mol. The average Bonchev–Trinajstić information content (AvgIpc) is 2.85. The molecule has 1 aliphatic rings. The summed E-state index contributed by atoms with van der Waals surface area (Å²) in [4.78, 5) is 14.0. The predicted molar refractivity (Wildman–Crippen MR) is 74.2 cm³/mol. The maximum Gasteiger partial charge on any atom is 0.254 e. The number of carbonyl (C=O) groups excluding carboxylic acids is 1. The number of amides is 1. The molecule has 20 heavy (non-hydrogen) atoms. The van der Waals surface area contributed by atoms with Gasteiger partial charge in [0, 0.05) is 6.54 Å². The summed E-state index contributed by atoms with van der Waals surface area (Å²) in [7, 11) is 0. The van der Waals surface area contributed by atoms with Crippen LogP contribution >= 0.6 is 0 Å². The van der Waals surface area contributed by atoms with Crippen molar-refractivity contribution in [3.63, 3.8) is 0 Å². The van der Waals surface area contributed by atoms with Gasteiger partial charge in [-0.15, -0.1) is 0 Å². The number of rotatable bonds is 4. The Morgan fingerprint density at radius 1 is 1.55 bits per heavy atom. The number of hydrogen-bond donors (Lipinski definition) is 1. The summed E-state index contributed by atoms with van der Waals surface area (Å²) < 4.78 is 11.2. The summed E-state index contributed by atoms with van der Waals surface area (Å²) in [5.41, 5.74) is -1.30. The third-order valence-electron chi connectivity index (χ3n) is 3.63. The first kappa shape index (κ1) is 15.1. The van der Waals surface area contributed by atoms with Crippen LogP contribution in [0.3, 0.4) is 0 Å². The van der Waals surface area contributed by atoms with Crippen molar-refractivity contribution in [2.45, 2.75) is 45.3 Å². The molecule has 2 unspecified atom stereocenters. The number of aliphatic hydroxyl groups is 1. The van der Waals surface area contributed by atoms with Gasteiger partial charge in [0.1, 0.15) is 23.2 Å². The van der Waals surface area contributed by atoms with E-state index in [1.165, 1.54) is 0 Å². The molecule has 2 atom stereocenters. The molecule has 0 aromatic carbocycles. The van der Waals surface area contributed by atoms with Crippen LogP contribution in [0.5, 0.6) is 0 Å². The van der Waals surface area contributed by atoms with Crippen LogP contribution in [-0.2, 0) is 9.53 Å². The van der Waals surface area contributed by atoms with Crippen molar-refractivity contribution in [2.75, 3.05) is 19.7 Å². The van der Waals surface area contributed by atoms with Gasteiger partial charge in [0.05, 0.1) is 13.2 Å². The molecule has 1 saturated heterocycles. The second kappa shape index (κ2) is 5.97. The highest BCUT2D eigenvalue weighted by Gasteiger charge is 2.36. The summed E-state index contributed by atoms with van der Waals surface area (Å²) in [5.74, 6) is 1.33. The highest BCUT2D eigenvalue weighted by atomic mass is 16.5. The van der Waals surface area contributed by atoms with Crippen molar-refractivity contribution in [3.05, 3.63) is 23.7 Å². The van der Waals surface area contributed by atoms with Crippen molar-refractivity contribution < 1.29 is 19.1 Å². The number of carbonyl (C=O) groups is 1. The van der Waals surface area contributed by atoms with Crippen LogP contribution in [0.25, 0.3) is 0 Å². The topological polar surface area (TPSA) is 62.9 Å². The van der Waals surface area contributed by atoms with Crippen molar-refractivity contribution in [2.24, 2.45) is 0 Å². The summed E-state index contributed by atoms with van der Waals surface area (Å²) >= 11 is 0. The molecule has 5 nitrogen and oxygen atoms in total. The zero-order valence-corrected chi connectivity index (χ0v) is 12.4. The molecule has 112 valence electrons. The van der Waals surface area contributed by atoms with E-state index in [1.807, 2.05) is 26.0 Å². The summed E-state index contributed by atoms with van der Waals surface area (Å²) in [6.07, 6.45) is 0.983. The van der Waals surface area contributed by atoms with Gasteiger partial charge in [0.2, 0.25) is 0 Å². The number of hydrogen-bond acceptors (Lipinski definition) is 4. The number of furan rings is 1. The second-order valence-electron chi connectivity index (χ2n) is 5.58. The smallest absolute Gasteiger partial charge is 0.254 e.